The Balaban J connectivity index is 1.47. The molecule has 49 heavy (non-hydrogen) atoms. The molecule has 5 rings (SSSR count). The Labute approximate surface area is 281 Å². The number of phenols is 1. The van der Waals surface area contributed by atoms with Gasteiger partial charge in [-0.15, -0.1) is 0 Å². The molecule has 0 aliphatic heterocycles. The summed E-state index contributed by atoms with van der Waals surface area (Å²) in [5, 5.41) is 48.0. The van der Waals surface area contributed by atoms with Crippen LogP contribution in [0.5, 0.6) is 5.75 Å². The van der Waals surface area contributed by atoms with Gasteiger partial charge in [0.05, 0.1) is 22.9 Å². The molecule has 260 valence electrons. The first kappa shape index (κ1) is 34.9. The summed E-state index contributed by atoms with van der Waals surface area (Å²) in [7, 11) is 6.43. The van der Waals surface area contributed by atoms with Gasteiger partial charge in [-0.1, -0.05) is 17.2 Å². The van der Waals surface area contributed by atoms with Crippen molar-refractivity contribution in [3.05, 3.63) is 74.7 Å². The van der Waals surface area contributed by atoms with Crippen LogP contribution < -0.4 is 16.0 Å². The van der Waals surface area contributed by atoms with E-state index in [1.807, 2.05) is 19.9 Å². The SMILES string of the molecule is Cc1cc(C)cc(C(=O)OCOC(=O)Nc2cc(N(C)C)c3c(c2O)C(=O)C2=C(O)[C@]4(O)C(=O)C(C(N)=O)=C(O)[C@@H](N(C)C)[C@@H]4C[C@@H]2C3)c1. The topological polar surface area (TPSA) is 229 Å². The molecule has 15 nitrogen and oxygen atoms in total. The molecule has 7 N–H and O–H groups in total. The number of ketones is 2. The summed E-state index contributed by atoms with van der Waals surface area (Å²) in [5.74, 6) is -8.63. The first-order valence-electron chi connectivity index (χ1n) is 15.3. The number of Topliss-reactive ketones (excluding diaryl/α,β-unsaturated/α-hetero) is 2. The summed E-state index contributed by atoms with van der Waals surface area (Å²) < 4.78 is 10.0. The van der Waals surface area contributed by atoms with E-state index in [2.05, 4.69) is 5.32 Å². The van der Waals surface area contributed by atoms with Crippen LogP contribution in [0.25, 0.3) is 0 Å². The number of aromatic hydroxyl groups is 1. The number of primary amides is 1. The number of benzene rings is 2. The van der Waals surface area contributed by atoms with Gasteiger partial charge >= 0.3 is 12.1 Å². The molecule has 2 aromatic rings. The first-order chi connectivity index (χ1) is 22.9. The number of allylic oxidation sites excluding steroid dienone is 1. The van der Waals surface area contributed by atoms with E-state index in [0.717, 1.165) is 11.1 Å². The second-order valence-corrected chi connectivity index (χ2v) is 13.0. The fourth-order valence-electron chi connectivity index (χ4n) is 7.25. The van der Waals surface area contributed by atoms with E-state index < -0.39 is 82.6 Å². The third-order valence-electron chi connectivity index (χ3n) is 9.25. The van der Waals surface area contributed by atoms with E-state index in [-0.39, 0.29) is 35.2 Å². The van der Waals surface area contributed by atoms with Crippen LogP contribution >= 0.6 is 0 Å². The molecular formula is C34H38N4O11. The molecule has 0 saturated heterocycles. The Hall–Kier alpha value is -5.41. The average Bonchev–Trinajstić information content (AvgIpc) is 2.99. The van der Waals surface area contributed by atoms with Gasteiger partial charge in [-0.2, -0.15) is 0 Å². The number of esters is 1. The molecule has 0 radical (unpaired) electrons. The number of likely N-dealkylation sites (N-methyl/N-ethyl adjacent to an activating group) is 1. The van der Waals surface area contributed by atoms with E-state index in [1.54, 1.807) is 45.2 Å². The van der Waals surface area contributed by atoms with Crippen LogP contribution in [-0.2, 0) is 25.5 Å². The Morgan fingerprint density at radius 2 is 1.63 bits per heavy atom. The van der Waals surface area contributed by atoms with Gasteiger partial charge in [-0.25, -0.2) is 9.59 Å². The van der Waals surface area contributed by atoms with Crippen molar-refractivity contribution in [3.63, 3.8) is 0 Å². The van der Waals surface area contributed by atoms with Crippen LogP contribution in [0.2, 0.25) is 0 Å². The maximum atomic E-state index is 14.2. The minimum absolute atomic E-state index is 0.0503. The summed E-state index contributed by atoms with van der Waals surface area (Å²) in [6.45, 7) is 2.87. The fraction of sp³-hybridized carbons (Fsp3) is 0.382. The van der Waals surface area contributed by atoms with Crippen molar-refractivity contribution in [1.82, 2.24) is 4.90 Å². The number of anilines is 2. The maximum absolute atomic E-state index is 14.2. The third kappa shape index (κ3) is 5.74. The minimum atomic E-state index is -2.79. The van der Waals surface area contributed by atoms with Crippen molar-refractivity contribution in [2.24, 2.45) is 17.6 Å². The standard InChI is InChI=1S/C34H38N4O11/c1-14-7-15(2)9-17(8-14)32(45)48-13-49-33(46)36-20-12-21(37(3)4)18-10-16-11-19-25(38(5)6)28(41)24(31(35)44)30(43)34(19,47)29(42)22(16)27(40)23(18)26(20)39/h7-9,12,16,19,25,39,41-42,47H,10-11,13H2,1-6H3,(H2,35,44)(H,36,46)/t16-,19-,25-,34-/m0/s1. The molecule has 4 atom stereocenters. The number of hydrogen-bond donors (Lipinski definition) is 6. The summed E-state index contributed by atoms with van der Waals surface area (Å²) in [6, 6.07) is 5.40. The lowest BCUT2D eigenvalue weighted by Crippen LogP contribution is -2.63. The van der Waals surface area contributed by atoms with E-state index in [4.69, 9.17) is 15.2 Å². The summed E-state index contributed by atoms with van der Waals surface area (Å²) in [6.07, 6.45) is -1.15. The summed E-state index contributed by atoms with van der Waals surface area (Å²) in [4.78, 5) is 68.2. The van der Waals surface area contributed by atoms with Crippen LogP contribution in [0.1, 0.15) is 43.8 Å². The van der Waals surface area contributed by atoms with Gasteiger partial charge in [0, 0.05) is 31.3 Å². The quantitative estimate of drug-likeness (QED) is 0.107. The van der Waals surface area contributed by atoms with E-state index >= 15 is 0 Å². The van der Waals surface area contributed by atoms with Crippen molar-refractivity contribution in [1.29, 1.82) is 0 Å². The lowest BCUT2D eigenvalue weighted by molar-refractivity contribution is -0.148. The molecule has 0 spiro atoms. The number of fused-ring (bicyclic) bond motifs is 3. The van der Waals surface area contributed by atoms with Gasteiger partial charge in [-0.3, -0.25) is 24.6 Å². The van der Waals surface area contributed by atoms with Crippen LogP contribution in [0.3, 0.4) is 0 Å². The fourth-order valence-corrected chi connectivity index (χ4v) is 7.25. The van der Waals surface area contributed by atoms with Crippen molar-refractivity contribution < 1.29 is 53.9 Å². The van der Waals surface area contributed by atoms with Crippen molar-refractivity contribution in [2.75, 3.05) is 45.2 Å². The number of nitrogens with zero attached hydrogens (tertiary/aromatic N) is 2. The van der Waals surface area contributed by atoms with Crippen molar-refractivity contribution in [2.45, 2.75) is 38.3 Å². The Kier molecular flexibility index (Phi) is 8.95. The molecule has 0 aromatic heterocycles. The van der Waals surface area contributed by atoms with Gasteiger partial charge in [0.1, 0.15) is 17.1 Å². The van der Waals surface area contributed by atoms with Gasteiger partial charge in [0.25, 0.3) is 5.91 Å². The summed E-state index contributed by atoms with van der Waals surface area (Å²) in [5.41, 5.74) is 3.51. The minimum Gasteiger partial charge on any atom is -0.510 e. The Morgan fingerprint density at radius 1 is 1.00 bits per heavy atom. The average molecular weight is 679 g/mol. The predicted octanol–water partition coefficient (Wildman–Crippen LogP) is 2.17. The van der Waals surface area contributed by atoms with Crippen LogP contribution in [-0.4, -0.2) is 101 Å². The number of carbonyl (C=O) groups excluding carboxylic acids is 5. The lowest BCUT2D eigenvalue weighted by atomic mass is 9.58. The molecule has 3 aliphatic carbocycles. The number of ether oxygens (including phenoxy) is 2. The molecule has 0 saturated carbocycles. The van der Waals surface area contributed by atoms with Crippen molar-refractivity contribution >= 4 is 40.9 Å². The largest absolute Gasteiger partial charge is 0.510 e. The summed E-state index contributed by atoms with van der Waals surface area (Å²) >= 11 is 0. The predicted molar refractivity (Wildman–Crippen MR) is 174 cm³/mol. The maximum Gasteiger partial charge on any atom is 0.414 e. The number of aliphatic hydroxyl groups is 3. The van der Waals surface area contributed by atoms with Gasteiger partial charge < -0.3 is 40.5 Å². The molecular weight excluding hydrogens is 640 g/mol. The van der Waals surface area contributed by atoms with Gasteiger partial charge in [0.2, 0.25) is 12.6 Å². The smallest absolute Gasteiger partial charge is 0.414 e. The lowest BCUT2D eigenvalue weighted by Gasteiger charge is -2.50. The molecule has 3 aliphatic rings. The zero-order chi connectivity index (χ0) is 36.3. The second-order valence-electron chi connectivity index (χ2n) is 13.0. The molecule has 2 aromatic carbocycles. The Bertz CT molecular complexity index is 1860. The second kappa shape index (κ2) is 12.6. The van der Waals surface area contributed by atoms with Crippen LogP contribution in [0.15, 0.2) is 46.9 Å². The van der Waals surface area contributed by atoms with E-state index in [9.17, 15) is 44.4 Å². The molecule has 0 heterocycles. The molecule has 15 heteroatoms. The third-order valence-corrected chi connectivity index (χ3v) is 9.25. The number of aryl methyl sites for hydroxylation is 2. The highest BCUT2D eigenvalue weighted by Crippen LogP contribution is 2.54. The number of hydrogen-bond acceptors (Lipinski definition) is 13. The highest BCUT2D eigenvalue weighted by Gasteiger charge is 2.63. The number of phenolic OH excluding ortho intramolecular Hbond substituents is 1. The molecule has 0 unspecified atom stereocenters. The number of nitrogens with two attached hydrogens (primary N) is 1. The highest BCUT2D eigenvalue weighted by atomic mass is 16.7. The van der Waals surface area contributed by atoms with Gasteiger partial charge in [0.15, 0.2) is 17.1 Å². The number of nitrogens with one attached hydrogen (secondary N) is 1. The van der Waals surface area contributed by atoms with Crippen molar-refractivity contribution in [3.8, 4) is 5.75 Å². The molecule has 0 fully saturated rings. The van der Waals surface area contributed by atoms with Crippen LogP contribution in [0, 0.1) is 25.7 Å². The number of amides is 2. The zero-order valence-electron chi connectivity index (χ0n) is 27.8. The molecule has 0 bridgehead atoms. The normalized spacial score (nSPS) is 23.1. The number of aliphatic hydroxyl groups excluding tert-OH is 2. The molecule has 2 amide bonds. The number of carbonyl (C=O) groups is 5. The first-order valence-corrected chi connectivity index (χ1v) is 15.3. The number of rotatable bonds is 7. The monoisotopic (exact) mass is 678 g/mol. The highest BCUT2D eigenvalue weighted by molar-refractivity contribution is 6.25. The zero-order valence-corrected chi connectivity index (χ0v) is 27.8. The van der Waals surface area contributed by atoms with E-state index in [0.29, 0.717) is 11.3 Å². The van der Waals surface area contributed by atoms with E-state index in [1.165, 1.54) is 11.0 Å². The van der Waals surface area contributed by atoms with Gasteiger partial charge in [-0.05, 0) is 70.5 Å². The van der Waals surface area contributed by atoms with Crippen LogP contribution in [0.4, 0.5) is 16.2 Å². The Morgan fingerprint density at radius 3 is 2.20 bits per heavy atom.